The molecule has 0 saturated heterocycles. The van der Waals surface area contributed by atoms with Crippen LogP contribution in [-0.2, 0) is 6.54 Å². The van der Waals surface area contributed by atoms with E-state index in [0.717, 1.165) is 5.56 Å². The first-order valence-electron chi connectivity index (χ1n) is 7.01. The molecule has 0 fully saturated rings. The largest absolute Gasteiger partial charge is 0.504 e. The number of benzene rings is 2. The molecule has 2 rings (SSSR count). The maximum Gasteiger partial charge on any atom is 0.319 e. The summed E-state index contributed by atoms with van der Waals surface area (Å²) in [4.78, 5) is 23.2. The zero-order valence-electron chi connectivity index (χ0n) is 12.9. The second kappa shape index (κ2) is 7.31. The van der Waals surface area contributed by atoms with E-state index in [1.807, 2.05) is 0 Å². The van der Waals surface area contributed by atoms with E-state index in [4.69, 9.17) is 4.74 Å². The van der Waals surface area contributed by atoms with Gasteiger partial charge in [-0.25, -0.2) is 4.79 Å². The van der Waals surface area contributed by atoms with Gasteiger partial charge < -0.3 is 20.5 Å². The highest BCUT2D eigenvalue weighted by molar-refractivity contribution is 5.96. The van der Waals surface area contributed by atoms with Crippen LogP contribution in [0.4, 0.5) is 10.5 Å². The van der Waals surface area contributed by atoms with Gasteiger partial charge in [0.15, 0.2) is 17.3 Å². The molecule has 23 heavy (non-hydrogen) atoms. The number of hydrogen-bond acceptors (Lipinski definition) is 4. The number of anilines is 1. The van der Waals surface area contributed by atoms with Gasteiger partial charge in [-0.2, -0.15) is 0 Å². The summed E-state index contributed by atoms with van der Waals surface area (Å²) >= 11 is 0. The number of hydrogen-bond donors (Lipinski definition) is 3. The van der Waals surface area contributed by atoms with Gasteiger partial charge in [-0.15, -0.1) is 0 Å². The van der Waals surface area contributed by atoms with Crippen LogP contribution in [0.5, 0.6) is 11.5 Å². The summed E-state index contributed by atoms with van der Waals surface area (Å²) in [5.74, 6) is 0.325. The second-order valence-corrected chi connectivity index (χ2v) is 4.95. The Hall–Kier alpha value is -3.02. The van der Waals surface area contributed by atoms with Crippen LogP contribution in [0.25, 0.3) is 0 Å². The van der Waals surface area contributed by atoms with Gasteiger partial charge in [0.2, 0.25) is 0 Å². The molecule has 0 aliphatic carbocycles. The Morgan fingerprint density at radius 1 is 1.17 bits per heavy atom. The average molecular weight is 314 g/mol. The van der Waals surface area contributed by atoms with Gasteiger partial charge >= 0.3 is 6.03 Å². The van der Waals surface area contributed by atoms with Gasteiger partial charge in [0.1, 0.15) is 0 Å². The molecule has 2 aromatic rings. The van der Waals surface area contributed by atoms with Crippen molar-refractivity contribution in [1.29, 1.82) is 0 Å². The van der Waals surface area contributed by atoms with Crippen molar-refractivity contribution in [2.45, 2.75) is 13.5 Å². The van der Waals surface area contributed by atoms with Crippen LogP contribution in [0.3, 0.4) is 0 Å². The van der Waals surface area contributed by atoms with Crippen LogP contribution in [-0.4, -0.2) is 24.0 Å². The highest BCUT2D eigenvalue weighted by Crippen LogP contribution is 2.26. The number of carbonyl (C=O) groups is 2. The fourth-order valence-corrected chi connectivity index (χ4v) is 2.01. The molecule has 120 valence electrons. The minimum atomic E-state index is -0.391. The number of carbonyl (C=O) groups excluding carboxylic acids is 2. The first-order chi connectivity index (χ1) is 11.0. The Bertz CT molecular complexity index is 728. The van der Waals surface area contributed by atoms with E-state index in [1.165, 1.54) is 20.1 Å². The molecule has 0 atom stereocenters. The predicted octanol–water partition coefficient (Wildman–Crippen LogP) is 2.93. The van der Waals surface area contributed by atoms with Crippen LogP contribution >= 0.6 is 0 Å². The quantitative estimate of drug-likeness (QED) is 0.740. The normalized spacial score (nSPS) is 10.0. The number of nitrogens with one attached hydrogen (secondary N) is 2. The van der Waals surface area contributed by atoms with E-state index in [-0.39, 0.29) is 18.1 Å². The van der Waals surface area contributed by atoms with E-state index in [1.54, 1.807) is 36.4 Å². The van der Waals surface area contributed by atoms with Crippen molar-refractivity contribution in [1.82, 2.24) is 5.32 Å². The zero-order valence-corrected chi connectivity index (χ0v) is 12.9. The number of phenolic OH excluding ortho intramolecular Hbond substituents is 1. The molecule has 0 aromatic heterocycles. The third-order valence-electron chi connectivity index (χ3n) is 3.22. The van der Waals surface area contributed by atoms with Crippen molar-refractivity contribution < 1.29 is 19.4 Å². The van der Waals surface area contributed by atoms with Crippen LogP contribution in [0.1, 0.15) is 22.8 Å². The molecule has 0 spiro atoms. The van der Waals surface area contributed by atoms with Gasteiger partial charge in [-0.1, -0.05) is 18.2 Å². The number of amides is 2. The standard InChI is InChI=1S/C17H18N2O4/c1-11(20)13-4-3-5-14(9-13)19-17(22)18-10-12-6-7-15(21)16(8-12)23-2/h3-9,21H,10H2,1-2H3,(H2,18,19,22). The molecule has 0 heterocycles. The summed E-state index contributed by atoms with van der Waals surface area (Å²) in [5.41, 5.74) is 1.86. The Labute approximate surface area is 134 Å². The number of methoxy groups -OCH3 is 1. The van der Waals surface area contributed by atoms with Crippen LogP contribution in [0.15, 0.2) is 42.5 Å². The van der Waals surface area contributed by atoms with Crippen LogP contribution in [0, 0.1) is 0 Å². The van der Waals surface area contributed by atoms with Crippen LogP contribution < -0.4 is 15.4 Å². The minimum absolute atomic E-state index is 0.0433. The molecular formula is C17H18N2O4. The fraction of sp³-hybridized carbons (Fsp3) is 0.176. The van der Waals surface area contributed by atoms with E-state index in [2.05, 4.69) is 10.6 Å². The molecule has 2 amide bonds. The Morgan fingerprint density at radius 2 is 1.96 bits per heavy atom. The second-order valence-electron chi connectivity index (χ2n) is 4.95. The van der Waals surface area contributed by atoms with E-state index in [9.17, 15) is 14.7 Å². The van der Waals surface area contributed by atoms with Crippen molar-refractivity contribution in [3.8, 4) is 11.5 Å². The minimum Gasteiger partial charge on any atom is -0.504 e. The van der Waals surface area contributed by atoms with E-state index in [0.29, 0.717) is 17.0 Å². The van der Waals surface area contributed by atoms with Gasteiger partial charge in [0, 0.05) is 17.8 Å². The molecule has 6 heteroatoms. The first-order valence-corrected chi connectivity index (χ1v) is 7.01. The number of Topliss-reactive ketones (excluding diaryl/α,β-unsaturated/α-hetero) is 1. The number of urea groups is 1. The molecule has 0 radical (unpaired) electrons. The van der Waals surface area contributed by atoms with Crippen molar-refractivity contribution in [2.24, 2.45) is 0 Å². The van der Waals surface area contributed by atoms with E-state index >= 15 is 0 Å². The maximum atomic E-state index is 11.9. The lowest BCUT2D eigenvalue weighted by Gasteiger charge is -2.10. The molecule has 0 bridgehead atoms. The number of ether oxygens (including phenoxy) is 1. The summed E-state index contributed by atoms with van der Waals surface area (Å²) in [6, 6.07) is 11.2. The predicted molar refractivity (Wildman–Crippen MR) is 87.0 cm³/mol. The van der Waals surface area contributed by atoms with Gasteiger partial charge in [0.05, 0.1) is 7.11 Å². The van der Waals surface area contributed by atoms with Crippen molar-refractivity contribution in [3.63, 3.8) is 0 Å². The lowest BCUT2D eigenvalue weighted by atomic mass is 10.1. The smallest absolute Gasteiger partial charge is 0.319 e. The highest BCUT2D eigenvalue weighted by atomic mass is 16.5. The van der Waals surface area contributed by atoms with Gasteiger partial charge in [0.25, 0.3) is 0 Å². The molecular weight excluding hydrogens is 296 g/mol. The highest BCUT2D eigenvalue weighted by Gasteiger charge is 2.06. The lowest BCUT2D eigenvalue weighted by Crippen LogP contribution is -2.28. The molecule has 6 nitrogen and oxygen atoms in total. The summed E-state index contributed by atoms with van der Waals surface area (Å²) in [5, 5.41) is 14.9. The zero-order chi connectivity index (χ0) is 16.8. The topological polar surface area (TPSA) is 87.7 Å². The average Bonchev–Trinajstić information content (AvgIpc) is 2.54. The third-order valence-corrected chi connectivity index (χ3v) is 3.22. The molecule has 0 aliphatic heterocycles. The molecule has 0 aliphatic rings. The molecule has 2 aromatic carbocycles. The summed E-state index contributed by atoms with van der Waals surface area (Å²) in [6.45, 7) is 1.74. The fourth-order valence-electron chi connectivity index (χ4n) is 2.01. The number of phenols is 1. The molecule has 0 saturated carbocycles. The van der Waals surface area contributed by atoms with Gasteiger partial charge in [-0.3, -0.25) is 4.79 Å². The summed E-state index contributed by atoms with van der Waals surface area (Å²) < 4.78 is 5.01. The maximum absolute atomic E-state index is 11.9. The van der Waals surface area contributed by atoms with Crippen LogP contribution in [0.2, 0.25) is 0 Å². The van der Waals surface area contributed by atoms with Crippen molar-refractivity contribution in [2.75, 3.05) is 12.4 Å². The summed E-state index contributed by atoms with van der Waals surface area (Å²) in [6.07, 6.45) is 0. The van der Waals surface area contributed by atoms with E-state index < -0.39 is 6.03 Å². The Kier molecular flexibility index (Phi) is 5.19. The SMILES string of the molecule is COc1cc(CNC(=O)Nc2cccc(C(C)=O)c2)ccc1O. The number of ketones is 1. The number of aromatic hydroxyl groups is 1. The molecule has 0 unspecified atom stereocenters. The lowest BCUT2D eigenvalue weighted by molar-refractivity contribution is 0.101. The summed E-state index contributed by atoms with van der Waals surface area (Å²) in [7, 11) is 1.46. The Morgan fingerprint density at radius 3 is 2.65 bits per heavy atom. The van der Waals surface area contributed by atoms with Crippen molar-refractivity contribution in [3.05, 3.63) is 53.6 Å². The third kappa shape index (κ3) is 4.47. The Balaban J connectivity index is 1.95. The van der Waals surface area contributed by atoms with Gasteiger partial charge in [-0.05, 0) is 36.8 Å². The van der Waals surface area contributed by atoms with Crippen molar-refractivity contribution >= 4 is 17.5 Å². The first kappa shape index (κ1) is 16.4. The molecule has 3 N–H and O–H groups in total. The monoisotopic (exact) mass is 314 g/mol. The number of rotatable bonds is 5.